The Bertz CT molecular complexity index is 1400. The first kappa shape index (κ1) is 26.6. The highest BCUT2D eigenvalue weighted by atomic mass is 35.5. The molecule has 0 saturated heterocycles. The molecule has 1 aromatic heterocycles. The molecule has 1 unspecified atom stereocenters. The number of aromatic nitrogens is 1. The average molecular weight is 540 g/mol. The maximum atomic E-state index is 13.4. The van der Waals surface area contributed by atoms with Crippen LogP contribution in [0.25, 0.3) is 10.8 Å². The lowest BCUT2D eigenvalue weighted by Crippen LogP contribution is -2.19. The number of carbonyl (C=O) groups excluding carboxylic acids is 1. The smallest absolute Gasteiger partial charge is 0.313 e. The Kier molecular flexibility index (Phi) is 8.41. The van der Waals surface area contributed by atoms with Gasteiger partial charge in [0.2, 0.25) is 0 Å². The number of ether oxygens (including phenoxy) is 4. The summed E-state index contributed by atoms with van der Waals surface area (Å²) in [6.07, 6.45) is 2.61. The van der Waals surface area contributed by atoms with Crippen LogP contribution in [0, 0.1) is 0 Å². The van der Waals surface area contributed by atoms with Gasteiger partial charge in [-0.15, -0.1) is 0 Å². The van der Waals surface area contributed by atoms with Crippen LogP contribution in [0.3, 0.4) is 0 Å². The lowest BCUT2D eigenvalue weighted by molar-refractivity contribution is -0.150. The van der Waals surface area contributed by atoms with Crippen molar-refractivity contribution in [1.82, 2.24) is 4.98 Å². The Morgan fingerprint density at radius 3 is 2.14 bits per heavy atom. The molecule has 0 aliphatic heterocycles. The van der Waals surface area contributed by atoms with Crippen LogP contribution < -0.4 is 14.2 Å². The standard InChI is InChI=1S/C29H27Cl2NO5/c1-17(18-5-6-20-12-22(34-2)9-7-19(20)11-18)29(33)37-27(14-23-24(30)15-32-16-25(23)31)21-8-10-26(35-3)28(13-21)36-4/h5-13,15-17,27H,14H2,1-4H3/t17?,27-/m1/s1. The monoisotopic (exact) mass is 539 g/mol. The number of pyridine rings is 1. The van der Waals surface area contributed by atoms with Crippen LogP contribution in [0.15, 0.2) is 67.0 Å². The van der Waals surface area contributed by atoms with Crippen molar-refractivity contribution in [3.63, 3.8) is 0 Å². The van der Waals surface area contributed by atoms with Crippen LogP contribution >= 0.6 is 23.2 Å². The molecule has 0 radical (unpaired) electrons. The van der Waals surface area contributed by atoms with Crippen molar-refractivity contribution < 1.29 is 23.7 Å². The van der Waals surface area contributed by atoms with E-state index in [2.05, 4.69) is 4.98 Å². The molecule has 6 nitrogen and oxygen atoms in total. The largest absolute Gasteiger partial charge is 0.497 e. The van der Waals surface area contributed by atoms with Crippen LogP contribution in [0.5, 0.6) is 17.2 Å². The van der Waals surface area contributed by atoms with Crippen molar-refractivity contribution >= 4 is 39.9 Å². The second-order valence-corrected chi connectivity index (χ2v) is 9.33. The Morgan fingerprint density at radius 2 is 1.46 bits per heavy atom. The van der Waals surface area contributed by atoms with E-state index in [0.717, 1.165) is 22.1 Å². The summed E-state index contributed by atoms with van der Waals surface area (Å²) < 4.78 is 22.2. The number of hydrogen-bond acceptors (Lipinski definition) is 6. The van der Waals surface area contributed by atoms with Crippen LogP contribution in [0.1, 0.15) is 35.6 Å². The summed E-state index contributed by atoms with van der Waals surface area (Å²) in [7, 11) is 4.75. The molecule has 0 amide bonds. The molecule has 2 atom stereocenters. The van der Waals surface area contributed by atoms with Gasteiger partial charge in [-0.25, -0.2) is 0 Å². The first-order chi connectivity index (χ1) is 17.8. The predicted molar refractivity (Wildman–Crippen MR) is 145 cm³/mol. The summed E-state index contributed by atoms with van der Waals surface area (Å²) in [4.78, 5) is 17.4. The SMILES string of the molecule is COc1ccc2cc(C(C)C(=O)O[C@H](Cc3c(Cl)cncc3Cl)c3ccc(OC)c(OC)c3)ccc2c1. The van der Waals surface area contributed by atoms with Crippen LogP contribution in [-0.4, -0.2) is 32.3 Å². The van der Waals surface area contributed by atoms with Gasteiger partial charge in [-0.1, -0.05) is 53.5 Å². The third kappa shape index (κ3) is 5.92. The Morgan fingerprint density at radius 1 is 0.811 bits per heavy atom. The van der Waals surface area contributed by atoms with Crippen LogP contribution in [-0.2, 0) is 16.0 Å². The normalized spacial score (nSPS) is 12.6. The van der Waals surface area contributed by atoms with Crippen molar-refractivity contribution in [2.24, 2.45) is 0 Å². The number of fused-ring (bicyclic) bond motifs is 1. The van der Waals surface area contributed by atoms with E-state index in [0.29, 0.717) is 32.7 Å². The summed E-state index contributed by atoms with van der Waals surface area (Å²) in [5.74, 6) is 0.967. The van der Waals surface area contributed by atoms with Crippen molar-refractivity contribution in [1.29, 1.82) is 0 Å². The minimum Gasteiger partial charge on any atom is -0.497 e. The van der Waals surface area contributed by atoms with Gasteiger partial charge in [-0.2, -0.15) is 0 Å². The van der Waals surface area contributed by atoms with Crippen molar-refractivity contribution in [3.8, 4) is 17.2 Å². The fraction of sp³-hybridized carbons (Fsp3) is 0.241. The van der Waals surface area contributed by atoms with Gasteiger partial charge in [0.05, 0.1) is 37.3 Å². The minimum atomic E-state index is -0.683. The first-order valence-electron chi connectivity index (χ1n) is 11.6. The van der Waals surface area contributed by atoms with Crippen molar-refractivity contribution in [2.45, 2.75) is 25.4 Å². The fourth-order valence-corrected chi connectivity index (χ4v) is 4.64. The summed E-state index contributed by atoms with van der Waals surface area (Å²) in [5.41, 5.74) is 2.19. The van der Waals surface area contributed by atoms with Gasteiger partial charge < -0.3 is 18.9 Å². The maximum Gasteiger partial charge on any atom is 0.313 e. The second-order valence-electron chi connectivity index (χ2n) is 8.52. The number of hydrogen-bond donors (Lipinski definition) is 0. The highest BCUT2D eigenvalue weighted by molar-refractivity contribution is 6.35. The molecule has 8 heteroatoms. The van der Waals surface area contributed by atoms with E-state index in [4.69, 9.17) is 42.1 Å². The maximum absolute atomic E-state index is 13.4. The number of methoxy groups -OCH3 is 3. The number of esters is 1. The number of rotatable bonds is 9. The van der Waals surface area contributed by atoms with Gasteiger partial charge in [0.25, 0.3) is 0 Å². The zero-order valence-corrected chi connectivity index (χ0v) is 22.5. The Hall–Kier alpha value is -3.48. The molecule has 0 spiro atoms. The lowest BCUT2D eigenvalue weighted by atomic mass is 9.97. The van der Waals surface area contributed by atoms with Gasteiger partial charge >= 0.3 is 5.97 Å². The lowest BCUT2D eigenvalue weighted by Gasteiger charge is -2.23. The molecule has 192 valence electrons. The molecular weight excluding hydrogens is 513 g/mol. The van der Waals surface area contributed by atoms with E-state index in [1.165, 1.54) is 12.4 Å². The van der Waals surface area contributed by atoms with E-state index >= 15 is 0 Å². The van der Waals surface area contributed by atoms with Crippen LogP contribution in [0.2, 0.25) is 10.0 Å². The summed E-state index contributed by atoms with van der Waals surface area (Å²) in [6, 6.07) is 17.1. The molecule has 4 aromatic rings. The zero-order valence-electron chi connectivity index (χ0n) is 21.0. The summed E-state index contributed by atoms with van der Waals surface area (Å²) >= 11 is 12.8. The van der Waals surface area contributed by atoms with Crippen LogP contribution in [0.4, 0.5) is 0 Å². The van der Waals surface area contributed by atoms with Gasteiger partial charge in [-0.05, 0) is 58.7 Å². The highest BCUT2D eigenvalue weighted by Crippen LogP contribution is 2.36. The average Bonchev–Trinajstić information content (AvgIpc) is 2.92. The summed E-state index contributed by atoms with van der Waals surface area (Å²) in [5, 5.41) is 2.82. The molecule has 1 heterocycles. The van der Waals surface area contributed by atoms with Gasteiger partial charge in [0.15, 0.2) is 11.5 Å². The van der Waals surface area contributed by atoms with Crippen molar-refractivity contribution in [2.75, 3.05) is 21.3 Å². The number of benzene rings is 3. The Balaban J connectivity index is 1.65. The third-order valence-corrected chi connectivity index (χ3v) is 6.96. The van der Waals surface area contributed by atoms with Gasteiger partial charge in [0, 0.05) is 18.8 Å². The van der Waals surface area contributed by atoms with E-state index in [1.54, 1.807) is 33.5 Å². The van der Waals surface area contributed by atoms with E-state index in [-0.39, 0.29) is 12.4 Å². The molecule has 0 bridgehead atoms. The molecule has 0 fully saturated rings. The molecule has 4 rings (SSSR count). The molecule has 0 aliphatic carbocycles. The second kappa shape index (κ2) is 11.7. The number of carbonyl (C=O) groups is 1. The Labute approximate surface area is 226 Å². The molecular formula is C29H27Cl2NO5. The quantitative estimate of drug-likeness (QED) is 0.209. The molecule has 3 aromatic carbocycles. The van der Waals surface area contributed by atoms with Crippen molar-refractivity contribution in [3.05, 3.63) is 93.7 Å². The predicted octanol–water partition coefficient (Wildman–Crippen LogP) is 7.20. The number of halogens is 2. The molecule has 0 aliphatic rings. The van der Waals surface area contributed by atoms with Gasteiger partial charge in [0.1, 0.15) is 11.9 Å². The van der Waals surface area contributed by atoms with E-state index in [9.17, 15) is 4.79 Å². The van der Waals surface area contributed by atoms with E-state index < -0.39 is 12.0 Å². The molecule has 0 N–H and O–H groups in total. The molecule has 0 saturated carbocycles. The fourth-order valence-electron chi connectivity index (χ4n) is 4.12. The van der Waals surface area contributed by atoms with Gasteiger partial charge in [-0.3, -0.25) is 9.78 Å². The minimum absolute atomic E-state index is 0.256. The molecule has 37 heavy (non-hydrogen) atoms. The summed E-state index contributed by atoms with van der Waals surface area (Å²) in [6.45, 7) is 1.82. The topological polar surface area (TPSA) is 66.9 Å². The highest BCUT2D eigenvalue weighted by Gasteiger charge is 2.26. The van der Waals surface area contributed by atoms with E-state index in [1.807, 2.05) is 49.4 Å². The number of nitrogens with zero attached hydrogens (tertiary/aromatic N) is 1. The first-order valence-corrected chi connectivity index (χ1v) is 12.4. The zero-order chi connectivity index (χ0) is 26.5. The third-order valence-electron chi connectivity index (χ3n) is 6.30.